The fraction of sp³-hybridized carbons (Fsp3) is 0.389. The van der Waals surface area contributed by atoms with E-state index in [-0.39, 0.29) is 0 Å². The first-order chi connectivity index (χ1) is 10.3. The van der Waals surface area contributed by atoms with Crippen LogP contribution < -0.4 is 4.74 Å². The van der Waals surface area contributed by atoms with Crippen molar-refractivity contribution in [1.82, 2.24) is 9.88 Å². The third-order valence-corrected chi connectivity index (χ3v) is 4.48. The molecule has 0 N–H and O–H groups in total. The highest BCUT2D eigenvalue weighted by Gasteiger charge is 2.33. The molecule has 0 radical (unpaired) electrons. The molecule has 0 atom stereocenters. The van der Waals surface area contributed by atoms with Crippen molar-refractivity contribution in [2.24, 2.45) is 0 Å². The molecule has 1 fully saturated rings. The first-order valence-electron chi connectivity index (χ1n) is 7.49. The van der Waals surface area contributed by atoms with Crippen LogP contribution in [0.3, 0.4) is 0 Å². The van der Waals surface area contributed by atoms with Crippen LogP contribution in [0.1, 0.15) is 29.9 Å². The van der Waals surface area contributed by atoms with Crippen LogP contribution in [0.4, 0.5) is 0 Å². The van der Waals surface area contributed by atoms with Gasteiger partial charge in [-0.25, -0.2) is 0 Å². The van der Waals surface area contributed by atoms with Crippen molar-refractivity contribution in [2.45, 2.75) is 31.3 Å². The van der Waals surface area contributed by atoms with Crippen molar-refractivity contribution >= 4 is 0 Å². The van der Waals surface area contributed by atoms with Crippen molar-refractivity contribution in [2.75, 3.05) is 14.2 Å². The molecular weight excluding hydrogens is 260 g/mol. The van der Waals surface area contributed by atoms with Crippen LogP contribution in [0.15, 0.2) is 48.8 Å². The lowest BCUT2D eigenvalue weighted by molar-refractivity contribution is 0.130. The van der Waals surface area contributed by atoms with Gasteiger partial charge in [-0.1, -0.05) is 12.1 Å². The second-order valence-corrected chi connectivity index (χ2v) is 5.87. The Morgan fingerprint density at radius 2 is 1.95 bits per heavy atom. The van der Waals surface area contributed by atoms with Gasteiger partial charge in [-0.15, -0.1) is 0 Å². The van der Waals surface area contributed by atoms with Gasteiger partial charge >= 0.3 is 0 Å². The Bertz CT molecular complexity index is 579. The van der Waals surface area contributed by atoms with Gasteiger partial charge in [-0.2, -0.15) is 0 Å². The summed E-state index contributed by atoms with van der Waals surface area (Å²) in [6.45, 7) is 0.998. The Labute approximate surface area is 126 Å². The van der Waals surface area contributed by atoms with Crippen LogP contribution in [0, 0.1) is 0 Å². The first kappa shape index (κ1) is 14.1. The first-order valence-corrected chi connectivity index (χ1v) is 7.49. The van der Waals surface area contributed by atoms with Crippen LogP contribution in [0.25, 0.3) is 0 Å². The lowest BCUT2D eigenvalue weighted by Crippen LogP contribution is -2.41. The van der Waals surface area contributed by atoms with E-state index < -0.39 is 0 Å². The van der Waals surface area contributed by atoms with Gasteiger partial charge in [0.1, 0.15) is 5.75 Å². The summed E-state index contributed by atoms with van der Waals surface area (Å²) in [6, 6.07) is 13.3. The number of rotatable bonds is 5. The summed E-state index contributed by atoms with van der Waals surface area (Å²) in [5.74, 6) is 1.63. The van der Waals surface area contributed by atoms with E-state index in [1.165, 1.54) is 24.0 Å². The molecule has 0 unspecified atom stereocenters. The van der Waals surface area contributed by atoms with Gasteiger partial charge in [0.2, 0.25) is 0 Å². The molecule has 110 valence electrons. The molecule has 1 aromatic carbocycles. The van der Waals surface area contributed by atoms with Gasteiger partial charge in [0.25, 0.3) is 0 Å². The topological polar surface area (TPSA) is 25.4 Å². The number of hydrogen-bond donors (Lipinski definition) is 0. The van der Waals surface area contributed by atoms with E-state index >= 15 is 0 Å². The van der Waals surface area contributed by atoms with Crippen LogP contribution >= 0.6 is 0 Å². The average molecular weight is 282 g/mol. The molecular formula is C18H22N2O. The van der Waals surface area contributed by atoms with Crippen LogP contribution in [0.5, 0.6) is 5.75 Å². The van der Waals surface area contributed by atoms with Gasteiger partial charge < -0.3 is 4.74 Å². The Morgan fingerprint density at radius 3 is 2.67 bits per heavy atom. The molecule has 1 aliphatic carbocycles. The van der Waals surface area contributed by atoms with E-state index in [9.17, 15) is 0 Å². The number of benzene rings is 1. The number of pyridine rings is 1. The van der Waals surface area contributed by atoms with E-state index in [0.717, 1.165) is 12.3 Å². The van der Waals surface area contributed by atoms with Gasteiger partial charge in [0.05, 0.1) is 7.11 Å². The number of aromatic nitrogens is 1. The molecule has 3 heteroatoms. The van der Waals surface area contributed by atoms with E-state index in [4.69, 9.17) is 4.74 Å². The molecule has 1 heterocycles. The standard InChI is InChI=1S/C18H22N2O/c1-20(13-14-6-8-19-9-7-14)17-10-16(11-17)15-4-3-5-18(12-15)21-2/h3-9,12,16-17H,10-11,13H2,1-2H3. The number of hydrogen-bond acceptors (Lipinski definition) is 3. The van der Waals surface area contributed by atoms with E-state index in [0.29, 0.717) is 12.0 Å². The fourth-order valence-corrected chi connectivity index (χ4v) is 3.02. The van der Waals surface area contributed by atoms with Crippen molar-refractivity contribution in [1.29, 1.82) is 0 Å². The highest BCUT2D eigenvalue weighted by molar-refractivity contribution is 5.32. The summed E-state index contributed by atoms with van der Waals surface area (Å²) in [5.41, 5.74) is 2.74. The molecule has 3 rings (SSSR count). The third kappa shape index (κ3) is 3.24. The highest BCUT2D eigenvalue weighted by atomic mass is 16.5. The van der Waals surface area contributed by atoms with Gasteiger partial charge in [0, 0.05) is 25.0 Å². The highest BCUT2D eigenvalue weighted by Crippen LogP contribution is 2.40. The van der Waals surface area contributed by atoms with E-state index in [1.807, 2.05) is 18.5 Å². The zero-order chi connectivity index (χ0) is 14.7. The number of methoxy groups -OCH3 is 1. The third-order valence-electron chi connectivity index (χ3n) is 4.48. The van der Waals surface area contributed by atoms with E-state index in [1.54, 1.807) is 7.11 Å². The lowest BCUT2D eigenvalue weighted by atomic mass is 9.75. The maximum Gasteiger partial charge on any atom is 0.119 e. The zero-order valence-electron chi connectivity index (χ0n) is 12.7. The Balaban J connectivity index is 1.55. The molecule has 1 saturated carbocycles. The minimum absolute atomic E-state index is 0.671. The molecule has 0 spiro atoms. The van der Waals surface area contributed by atoms with Crippen molar-refractivity contribution in [3.63, 3.8) is 0 Å². The summed E-state index contributed by atoms with van der Waals surface area (Å²) in [5, 5.41) is 0. The monoisotopic (exact) mass is 282 g/mol. The van der Waals surface area contributed by atoms with Crippen LogP contribution in [-0.4, -0.2) is 30.1 Å². The minimum Gasteiger partial charge on any atom is -0.497 e. The zero-order valence-corrected chi connectivity index (χ0v) is 12.7. The smallest absolute Gasteiger partial charge is 0.119 e. The molecule has 0 saturated heterocycles. The molecule has 3 nitrogen and oxygen atoms in total. The summed E-state index contributed by atoms with van der Waals surface area (Å²) in [7, 11) is 3.94. The van der Waals surface area contributed by atoms with Gasteiger partial charge in [-0.3, -0.25) is 9.88 Å². The molecule has 0 aliphatic heterocycles. The summed E-state index contributed by atoms with van der Waals surface area (Å²) in [6.07, 6.45) is 6.19. The van der Waals surface area contributed by atoms with Gasteiger partial charge in [0.15, 0.2) is 0 Å². The molecule has 0 bridgehead atoms. The largest absolute Gasteiger partial charge is 0.497 e. The molecule has 0 amide bonds. The maximum atomic E-state index is 5.31. The fourth-order valence-electron chi connectivity index (χ4n) is 3.02. The van der Waals surface area contributed by atoms with Crippen molar-refractivity contribution < 1.29 is 4.74 Å². The Kier molecular flexibility index (Phi) is 4.20. The predicted molar refractivity (Wildman–Crippen MR) is 84.5 cm³/mol. The SMILES string of the molecule is COc1cccc(C2CC(N(C)Cc3ccncc3)C2)c1. The Hall–Kier alpha value is -1.87. The summed E-state index contributed by atoms with van der Waals surface area (Å²) >= 11 is 0. The van der Waals surface area contributed by atoms with Crippen LogP contribution in [-0.2, 0) is 6.54 Å². The average Bonchev–Trinajstić information content (AvgIpc) is 2.47. The lowest BCUT2D eigenvalue weighted by Gasteiger charge is -2.41. The minimum atomic E-state index is 0.671. The summed E-state index contributed by atoms with van der Waals surface area (Å²) < 4.78 is 5.31. The molecule has 21 heavy (non-hydrogen) atoms. The second-order valence-electron chi connectivity index (χ2n) is 5.87. The number of nitrogens with zero attached hydrogens (tertiary/aromatic N) is 2. The van der Waals surface area contributed by atoms with Crippen molar-refractivity contribution in [3.05, 3.63) is 59.9 Å². The normalized spacial score (nSPS) is 21.1. The quantitative estimate of drug-likeness (QED) is 0.839. The molecule has 2 aromatic rings. The predicted octanol–water partition coefficient (Wildman–Crippen LogP) is 3.47. The maximum absolute atomic E-state index is 5.31. The van der Waals surface area contributed by atoms with Crippen molar-refractivity contribution in [3.8, 4) is 5.75 Å². The van der Waals surface area contributed by atoms with Gasteiger partial charge in [-0.05, 0) is 61.2 Å². The Morgan fingerprint density at radius 1 is 1.19 bits per heavy atom. The second kappa shape index (κ2) is 6.27. The molecule has 1 aliphatic rings. The number of ether oxygens (including phenoxy) is 1. The molecule has 1 aromatic heterocycles. The van der Waals surface area contributed by atoms with Crippen LogP contribution in [0.2, 0.25) is 0 Å². The van der Waals surface area contributed by atoms with E-state index in [2.05, 4.69) is 47.3 Å². The summed E-state index contributed by atoms with van der Waals surface area (Å²) in [4.78, 5) is 6.52.